The van der Waals surface area contributed by atoms with Crippen LogP contribution in [0.1, 0.15) is 97.5 Å². The number of nitrogens with one attached hydrogen (secondary N) is 2. The molecule has 5 atom stereocenters. The summed E-state index contributed by atoms with van der Waals surface area (Å²) >= 11 is 0. The molecule has 2 amide bonds. The van der Waals surface area contributed by atoms with Gasteiger partial charge in [-0.3, -0.25) is 4.79 Å². The van der Waals surface area contributed by atoms with Crippen molar-refractivity contribution in [3.63, 3.8) is 0 Å². The van der Waals surface area contributed by atoms with Crippen LogP contribution in [-0.2, 0) is 30.2 Å². The standard InChI is InChI=1S/C30H48N2O7/c1-5-6-7-8-9-10-11-12-13-14-19-36-28-27-26(38-30(3,4)39-27)25(37-28)21(2)31-29(35)32-23-17-15-22(16-18-23)20-24(33)34/h15-18,21,25-28H,5-14,19-20H2,1-4H3,(H,33,34)(H2,31,32,35)/t21-,25+,26-,27-,28-/m0/s1. The van der Waals surface area contributed by atoms with Gasteiger partial charge in [0.25, 0.3) is 0 Å². The maximum atomic E-state index is 12.7. The van der Waals surface area contributed by atoms with Gasteiger partial charge in [-0.05, 0) is 44.9 Å². The first kappa shape index (κ1) is 31.3. The molecule has 1 aromatic carbocycles. The van der Waals surface area contributed by atoms with Crippen molar-refractivity contribution in [1.29, 1.82) is 0 Å². The van der Waals surface area contributed by atoms with Gasteiger partial charge in [0.05, 0.1) is 12.5 Å². The molecule has 2 aliphatic rings. The van der Waals surface area contributed by atoms with Crippen LogP contribution in [0.5, 0.6) is 0 Å². The zero-order valence-electron chi connectivity index (χ0n) is 24.1. The van der Waals surface area contributed by atoms with Crippen LogP contribution in [0.4, 0.5) is 10.5 Å². The Morgan fingerprint density at radius 3 is 2.15 bits per heavy atom. The predicted octanol–water partition coefficient (Wildman–Crippen LogP) is 6.01. The van der Waals surface area contributed by atoms with E-state index in [0.717, 1.165) is 12.8 Å². The second kappa shape index (κ2) is 15.6. The van der Waals surface area contributed by atoms with Gasteiger partial charge in [0.15, 0.2) is 12.1 Å². The van der Waals surface area contributed by atoms with Crippen LogP contribution < -0.4 is 10.6 Å². The number of rotatable bonds is 17. The summed E-state index contributed by atoms with van der Waals surface area (Å²) in [4.78, 5) is 23.5. The minimum atomic E-state index is -0.899. The highest BCUT2D eigenvalue weighted by atomic mass is 16.8. The number of hydrogen-bond acceptors (Lipinski definition) is 6. The molecule has 0 spiro atoms. The van der Waals surface area contributed by atoms with E-state index in [2.05, 4.69) is 17.6 Å². The van der Waals surface area contributed by atoms with Crippen molar-refractivity contribution in [3.8, 4) is 0 Å². The number of urea groups is 1. The molecule has 0 saturated carbocycles. The number of carbonyl (C=O) groups excluding carboxylic acids is 1. The van der Waals surface area contributed by atoms with Crippen molar-refractivity contribution in [1.82, 2.24) is 5.32 Å². The van der Waals surface area contributed by atoms with E-state index in [0.29, 0.717) is 17.9 Å². The number of carbonyl (C=O) groups is 2. The molecule has 3 N–H and O–H groups in total. The van der Waals surface area contributed by atoms with Gasteiger partial charge in [0.2, 0.25) is 0 Å². The highest BCUT2D eigenvalue weighted by Gasteiger charge is 2.57. The van der Waals surface area contributed by atoms with E-state index < -0.39 is 24.2 Å². The van der Waals surface area contributed by atoms with Crippen LogP contribution >= 0.6 is 0 Å². The minimum Gasteiger partial charge on any atom is -0.481 e. The maximum Gasteiger partial charge on any atom is 0.319 e. The Hall–Kier alpha value is -2.20. The molecule has 0 aromatic heterocycles. The molecule has 0 bridgehead atoms. The number of anilines is 1. The quantitative estimate of drug-likeness (QED) is 0.204. The van der Waals surface area contributed by atoms with Crippen LogP contribution in [0.25, 0.3) is 0 Å². The predicted molar refractivity (Wildman–Crippen MR) is 150 cm³/mol. The fraction of sp³-hybridized carbons (Fsp3) is 0.733. The summed E-state index contributed by atoms with van der Waals surface area (Å²) in [5.41, 5.74) is 1.23. The molecule has 2 fully saturated rings. The summed E-state index contributed by atoms with van der Waals surface area (Å²) in [6.07, 6.45) is 10.9. The highest BCUT2D eigenvalue weighted by molar-refractivity contribution is 5.89. The van der Waals surface area contributed by atoms with Gasteiger partial charge in [0, 0.05) is 12.3 Å². The Labute approximate surface area is 233 Å². The Bertz CT molecular complexity index is 892. The number of carboxylic acid groups (broad SMARTS) is 1. The third-order valence-corrected chi connectivity index (χ3v) is 7.25. The average molecular weight is 549 g/mol. The highest BCUT2D eigenvalue weighted by Crippen LogP contribution is 2.40. The van der Waals surface area contributed by atoms with E-state index in [1.807, 2.05) is 20.8 Å². The molecular weight excluding hydrogens is 500 g/mol. The SMILES string of the molecule is CCCCCCCCCCCCO[C@H]1O[C@H]([C@H](C)NC(=O)Nc2ccc(CC(=O)O)cc2)[C@@H]2OC(C)(C)O[C@H]12. The Balaban J connectivity index is 1.41. The molecule has 2 heterocycles. The van der Waals surface area contributed by atoms with Crippen LogP contribution in [0.3, 0.4) is 0 Å². The molecular formula is C30H48N2O7. The zero-order chi connectivity index (χ0) is 28.3. The number of benzene rings is 1. The number of unbranched alkanes of at least 4 members (excludes halogenated alkanes) is 9. The van der Waals surface area contributed by atoms with E-state index in [4.69, 9.17) is 24.1 Å². The van der Waals surface area contributed by atoms with E-state index in [1.54, 1.807) is 24.3 Å². The summed E-state index contributed by atoms with van der Waals surface area (Å²) in [7, 11) is 0. The van der Waals surface area contributed by atoms with Crippen molar-refractivity contribution in [2.24, 2.45) is 0 Å². The third-order valence-electron chi connectivity index (χ3n) is 7.25. The average Bonchev–Trinajstić information content (AvgIpc) is 3.36. The molecule has 39 heavy (non-hydrogen) atoms. The van der Waals surface area contributed by atoms with Gasteiger partial charge < -0.3 is 34.7 Å². The van der Waals surface area contributed by atoms with Crippen molar-refractivity contribution < 1.29 is 33.6 Å². The summed E-state index contributed by atoms with van der Waals surface area (Å²) in [5.74, 6) is -1.65. The van der Waals surface area contributed by atoms with Gasteiger partial charge in [-0.15, -0.1) is 0 Å². The lowest BCUT2D eigenvalue weighted by molar-refractivity contribution is -0.235. The number of amides is 2. The second-order valence-corrected chi connectivity index (χ2v) is 11.2. The number of ether oxygens (including phenoxy) is 4. The summed E-state index contributed by atoms with van der Waals surface area (Å²) in [6, 6.07) is 5.96. The smallest absolute Gasteiger partial charge is 0.319 e. The largest absolute Gasteiger partial charge is 0.481 e. The van der Waals surface area contributed by atoms with E-state index in [1.165, 1.54) is 51.4 Å². The summed E-state index contributed by atoms with van der Waals surface area (Å²) < 4.78 is 24.6. The normalized spacial score (nSPS) is 24.3. The van der Waals surface area contributed by atoms with E-state index >= 15 is 0 Å². The van der Waals surface area contributed by atoms with Crippen molar-refractivity contribution >= 4 is 17.7 Å². The first-order valence-electron chi connectivity index (χ1n) is 14.7. The molecule has 2 aliphatic heterocycles. The van der Waals surface area contributed by atoms with Crippen LogP contribution in [0.15, 0.2) is 24.3 Å². The van der Waals surface area contributed by atoms with E-state index in [-0.39, 0.29) is 30.7 Å². The maximum absolute atomic E-state index is 12.7. The van der Waals surface area contributed by atoms with Gasteiger partial charge in [-0.25, -0.2) is 4.79 Å². The van der Waals surface area contributed by atoms with Crippen molar-refractivity contribution in [2.75, 3.05) is 11.9 Å². The molecule has 2 saturated heterocycles. The van der Waals surface area contributed by atoms with Crippen LogP contribution in [0.2, 0.25) is 0 Å². The van der Waals surface area contributed by atoms with Gasteiger partial charge >= 0.3 is 12.0 Å². The van der Waals surface area contributed by atoms with Crippen molar-refractivity contribution in [2.45, 2.75) is 135 Å². The number of aliphatic carboxylic acids is 1. The monoisotopic (exact) mass is 548 g/mol. The summed E-state index contributed by atoms with van der Waals surface area (Å²) in [6.45, 7) is 8.47. The van der Waals surface area contributed by atoms with Gasteiger partial charge in [-0.2, -0.15) is 0 Å². The first-order valence-corrected chi connectivity index (χ1v) is 14.7. The lowest BCUT2D eigenvalue weighted by atomic mass is 10.1. The van der Waals surface area contributed by atoms with Crippen molar-refractivity contribution in [3.05, 3.63) is 29.8 Å². The number of fused-ring (bicyclic) bond motifs is 1. The Morgan fingerprint density at radius 1 is 0.949 bits per heavy atom. The third kappa shape index (κ3) is 10.4. The topological polar surface area (TPSA) is 115 Å². The number of carboxylic acids is 1. The molecule has 9 nitrogen and oxygen atoms in total. The Kier molecular flexibility index (Phi) is 12.5. The molecule has 3 rings (SSSR count). The van der Waals surface area contributed by atoms with Crippen LogP contribution in [-0.4, -0.2) is 60.1 Å². The molecule has 220 valence electrons. The van der Waals surface area contributed by atoms with Gasteiger partial charge in [0.1, 0.15) is 18.3 Å². The Morgan fingerprint density at radius 2 is 1.54 bits per heavy atom. The minimum absolute atomic E-state index is 0.0636. The second-order valence-electron chi connectivity index (χ2n) is 11.2. The molecule has 0 radical (unpaired) electrons. The summed E-state index contributed by atoms with van der Waals surface area (Å²) in [5, 5.41) is 14.6. The fourth-order valence-corrected chi connectivity index (χ4v) is 5.25. The molecule has 0 unspecified atom stereocenters. The van der Waals surface area contributed by atoms with Gasteiger partial charge in [-0.1, -0.05) is 76.8 Å². The zero-order valence-corrected chi connectivity index (χ0v) is 24.1. The fourth-order valence-electron chi connectivity index (χ4n) is 5.25. The molecule has 1 aromatic rings. The lowest BCUT2D eigenvalue weighted by Gasteiger charge is -2.27. The lowest BCUT2D eigenvalue weighted by Crippen LogP contribution is -2.48. The number of hydrogen-bond donors (Lipinski definition) is 3. The van der Waals surface area contributed by atoms with E-state index in [9.17, 15) is 9.59 Å². The van der Waals surface area contributed by atoms with Crippen LogP contribution in [0, 0.1) is 0 Å². The molecule has 9 heteroatoms. The molecule has 0 aliphatic carbocycles. The first-order chi connectivity index (χ1) is 18.7.